The monoisotopic (exact) mass is 354 g/mol. The molecule has 0 aliphatic heterocycles. The smallest absolute Gasteiger partial charge is 0.328 e. The fourth-order valence-corrected chi connectivity index (χ4v) is 2.79. The Hall–Kier alpha value is -1.79. The van der Waals surface area contributed by atoms with Crippen LogP contribution in [-0.2, 0) is 18.4 Å². The lowest BCUT2D eigenvalue weighted by Crippen LogP contribution is -2.40. The Balaban J connectivity index is 0.00000288. The third kappa shape index (κ3) is 4.61. The highest BCUT2D eigenvalue weighted by molar-refractivity contribution is 5.85. The van der Waals surface area contributed by atoms with Gasteiger partial charge in [-0.15, -0.1) is 12.4 Å². The second kappa shape index (κ2) is 9.49. The number of aromatic nitrogens is 2. The second-order valence-electron chi connectivity index (χ2n) is 5.87. The van der Waals surface area contributed by atoms with Gasteiger partial charge in [-0.25, -0.2) is 4.79 Å². The van der Waals surface area contributed by atoms with Gasteiger partial charge in [-0.3, -0.25) is 13.9 Å². The molecule has 0 spiro atoms. The number of unbranched alkanes of at least 4 members (excludes halogenated alkanes) is 1. The van der Waals surface area contributed by atoms with Gasteiger partial charge in [0, 0.05) is 32.6 Å². The summed E-state index contributed by atoms with van der Waals surface area (Å²) in [6.45, 7) is 2.93. The molecule has 6 nitrogen and oxygen atoms in total. The van der Waals surface area contributed by atoms with E-state index < -0.39 is 0 Å². The molecule has 0 saturated carbocycles. The molecule has 1 aromatic carbocycles. The van der Waals surface area contributed by atoms with Crippen LogP contribution in [0.4, 0.5) is 0 Å². The molecule has 3 N–H and O–H groups in total. The summed E-state index contributed by atoms with van der Waals surface area (Å²) >= 11 is 0. The highest BCUT2D eigenvalue weighted by Gasteiger charge is 2.13. The molecule has 1 atom stereocenters. The number of nitrogens with zero attached hydrogens (tertiary/aromatic N) is 2. The summed E-state index contributed by atoms with van der Waals surface area (Å²) in [5.41, 5.74) is 7.33. The van der Waals surface area contributed by atoms with Gasteiger partial charge in [0.05, 0.1) is 11.0 Å². The van der Waals surface area contributed by atoms with E-state index in [2.05, 4.69) is 12.2 Å². The summed E-state index contributed by atoms with van der Waals surface area (Å²) < 4.78 is 3.26. The molecule has 0 aliphatic rings. The Bertz CT molecular complexity index is 723. The van der Waals surface area contributed by atoms with E-state index in [1.54, 1.807) is 16.2 Å². The van der Waals surface area contributed by atoms with E-state index in [4.69, 9.17) is 5.73 Å². The van der Waals surface area contributed by atoms with Crippen molar-refractivity contribution in [1.82, 2.24) is 14.5 Å². The van der Waals surface area contributed by atoms with E-state index >= 15 is 0 Å². The number of carbonyl (C=O) groups is 1. The van der Waals surface area contributed by atoms with Crippen LogP contribution in [-0.4, -0.2) is 27.6 Å². The normalized spacial score (nSPS) is 12.0. The Morgan fingerprint density at radius 2 is 1.96 bits per heavy atom. The molecule has 24 heavy (non-hydrogen) atoms. The minimum atomic E-state index is -0.0969. The Labute approximate surface area is 148 Å². The van der Waals surface area contributed by atoms with Gasteiger partial charge in [-0.2, -0.15) is 0 Å². The summed E-state index contributed by atoms with van der Waals surface area (Å²) in [4.78, 5) is 24.4. The molecule has 0 radical (unpaired) electrons. The van der Waals surface area contributed by atoms with Crippen LogP contribution >= 0.6 is 12.4 Å². The molecule has 134 valence electrons. The third-order valence-electron chi connectivity index (χ3n) is 4.17. The molecule has 2 rings (SSSR count). The van der Waals surface area contributed by atoms with Crippen molar-refractivity contribution in [2.45, 2.75) is 45.2 Å². The average Bonchev–Trinajstić information content (AvgIpc) is 2.81. The van der Waals surface area contributed by atoms with Crippen LogP contribution in [0.1, 0.15) is 32.6 Å². The maximum atomic E-state index is 12.3. The fraction of sp³-hybridized carbons (Fsp3) is 0.529. The van der Waals surface area contributed by atoms with Crippen LogP contribution < -0.4 is 16.7 Å². The maximum Gasteiger partial charge on any atom is 0.328 e. The largest absolute Gasteiger partial charge is 0.352 e. The molecule has 1 heterocycles. The first-order chi connectivity index (χ1) is 11.1. The summed E-state index contributed by atoms with van der Waals surface area (Å²) in [5.74, 6) is -0.0589. The summed E-state index contributed by atoms with van der Waals surface area (Å²) in [5, 5.41) is 2.96. The van der Waals surface area contributed by atoms with E-state index in [9.17, 15) is 9.59 Å². The van der Waals surface area contributed by atoms with E-state index in [1.165, 1.54) is 0 Å². The first-order valence-corrected chi connectivity index (χ1v) is 8.22. The molecular weight excluding hydrogens is 328 g/mol. The maximum absolute atomic E-state index is 12.3. The molecule has 2 aromatic rings. The molecule has 1 amide bonds. The number of fused-ring (bicyclic) bond motifs is 1. The van der Waals surface area contributed by atoms with Crippen molar-refractivity contribution < 1.29 is 4.79 Å². The van der Waals surface area contributed by atoms with Crippen molar-refractivity contribution in [2.24, 2.45) is 12.8 Å². The van der Waals surface area contributed by atoms with Gasteiger partial charge >= 0.3 is 5.69 Å². The van der Waals surface area contributed by atoms with Gasteiger partial charge in [-0.05, 0) is 18.6 Å². The zero-order chi connectivity index (χ0) is 16.8. The minimum Gasteiger partial charge on any atom is -0.352 e. The molecule has 1 unspecified atom stereocenters. The van der Waals surface area contributed by atoms with Gasteiger partial charge in [0.2, 0.25) is 5.91 Å². The number of imidazole rings is 1. The lowest BCUT2D eigenvalue weighted by atomic mass is 10.1. The predicted octanol–water partition coefficient (Wildman–Crippen LogP) is 1.79. The number of benzene rings is 1. The van der Waals surface area contributed by atoms with E-state index in [0.717, 1.165) is 30.3 Å². The van der Waals surface area contributed by atoms with Crippen LogP contribution in [0.3, 0.4) is 0 Å². The molecule has 0 saturated heterocycles. The molecule has 7 heteroatoms. The van der Waals surface area contributed by atoms with Crippen molar-refractivity contribution in [1.29, 1.82) is 0 Å². The highest BCUT2D eigenvalue weighted by atomic mass is 35.5. The number of hydrogen-bond donors (Lipinski definition) is 2. The highest BCUT2D eigenvalue weighted by Crippen LogP contribution is 2.11. The summed E-state index contributed by atoms with van der Waals surface area (Å²) in [6.07, 6.45) is 3.30. The number of aryl methyl sites for hydroxylation is 2. The number of nitrogens with two attached hydrogens (primary N) is 1. The second-order valence-corrected chi connectivity index (χ2v) is 5.87. The zero-order valence-corrected chi connectivity index (χ0v) is 15.1. The minimum absolute atomic E-state index is 0. The van der Waals surface area contributed by atoms with Crippen LogP contribution in [0.15, 0.2) is 29.1 Å². The lowest BCUT2D eigenvalue weighted by Gasteiger charge is -2.16. The van der Waals surface area contributed by atoms with E-state index in [0.29, 0.717) is 13.1 Å². The Morgan fingerprint density at radius 1 is 1.29 bits per heavy atom. The number of rotatable bonds is 8. The fourth-order valence-electron chi connectivity index (χ4n) is 2.79. The van der Waals surface area contributed by atoms with Crippen molar-refractivity contribution in [3.05, 3.63) is 34.7 Å². The third-order valence-corrected chi connectivity index (χ3v) is 4.17. The van der Waals surface area contributed by atoms with Crippen molar-refractivity contribution >= 4 is 29.3 Å². The Kier molecular flexibility index (Phi) is 8.01. The van der Waals surface area contributed by atoms with Crippen LogP contribution in [0.2, 0.25) is 0 Å². The standard InChI is InChI=1S/C17H26N4O2.ClH/c1-3-4-7-13(12-18)19-16(22)10-11-21-15-9-6-5-8-14(15)20(2)17(21)23;/h5-6,8-9,13H,3-4,7,10-12,18H2,1-2H3,(H,19,22);1H. The van der Waals surface area contributed by atoms with Gasteiger partial charge < -0.3 is 11.1 Å². The van der Waals surface area contributed by atoms with Gasteiger partial charge in [0.25, 0.3) is 0 Å². The van der Waals surface area contributed by atoms with E-state index in [1.807, 2.05) is 24.3 Å². The first-order valence-electron chi connectivity index (χ1n) is 8.22. The number of amides is 1. The molecule has 0 bridgehead atoms. The molecule has 1 aromatic heterocycles. The zero-order valence-electron chi connectivity index (χ0n) is 14.3. The first kappa shape index (κ1) is 20.3. The molecule has 0 fully saturated rings. The lowest BCUT2D eigenvalue weighted by molar-refractivity contribution is -0.122. The summed E-state index contributed by atoms with van der Waals surface area (Å²) in [6, 6.07) is 7.62. The number of halogens is 1. The quantitative estimate of drug-likeness (QED) is 0.758. The average molecular weight is 355 g/mol. The predicted molar refractivity (Wildman–Crippen MR) is 99.6 cm³/mol. The SMILES string of the molecule is CCCCC(CN)NC(=O)CCn1c(=O)n(C)c2ccccc21.Cl. The molecular formula is C17H27ClN4O2. The molecule has 0 aliphatic carbocycles. The van der Waals surface area contributed by atoms with Gasteiger partial charge in [-0.1, -0.05) is 31.9 Å². The number of hydrogen-bond acceptors (Lipinski definition) is 3. The van der Waals surface area contributed by atoms with Gasteiger partial charge in [0.15, 0.2) is 0 Å². The van der Waals surface area contributed by atoms with Crippen molar-refractivity contribution in [3.8, 4) is 0 Å². The van der Waals surface area contributed by atoms with Gasteiger partial charge in [0.1, 0.15) is 0 Å². The number of para-hydroxylation sites is 2. The Morgan fingerprint density at radius 3 is 2.58 bits per heavy atom. The number of nitrogens with one attached hydrogen (secondary N) is 1. The number of carbonyl (C=O) groups excluding carboxylic acids is 1. The van der Waals surface area contributed by atoms with E-state index in [-0.39, 0.29) is 36.5 Å². The topological polar surface area (TPSA) is 82.1 Å². The van der Waals surface area contributed by atoms with Crippen LogP contribution in [0, 0.1) is 0 Å². The van der Waals surface area contributed by atoms with Crippen molar-refractivity contribution in [3.63, 3.8) is 0 Å². The van der Waals surface area contributed by atoms with Crippen LogP contribution in [0.25, 0.3) is 11.0 Å². The van der Waals surface area contributed by atoms with Crippen molar-refractivity contribution in [2.75, 3.05) is 6.54 Å². The summed E-state index contributed by atoms with van der Waals surface area (Å²) in [7, 11) is 1.75. The van der Waals surface area contributed by atoms with Crippen LogP contribution in [0.5, 0.6) is 0 Å².